The lowest BCUT2D eigenvalue weighted by Gasteiger charge is -2.35. The van der Waals surface area contributed by atoms with Crippen molar-refractivity contribution in [3.8, 4) is 0 Å². The molecule has 0 atom stereocenters. The molecule has 9 nitrogen and oxygen atoms in total. The second kappa shape index (κ2) is 7.47. The molecule has 0 aliphatic carbocycles. The first kappa shape index (κ1) is 17.7. The molecule has 0 unspecified atom stereocenters. The number of aromatic nitrogens is 6. The van der Waals surface area contributed by atoms with Crippen LogP contribution in [0.5, 0.6) is 0 Å². The molecule has 4 heterocycles. The van der Waals surface area contributed by atoms with E-state index in [1.807, 2.05) is 29.2 Å². The molecule has 0 radical (unpaired) electrons. The standard InChI is InChI=1S/C17H20N8OS/c1-12-9-14-21-22-17(25(14)13(2)20-12)27-11-16(26)24-7-5-23(6-8-24)15-10-18-3-4-19-15/h3-4,9-10H,5-8,11H2,1-2H3. The number of thioether (sulfide) groups is 1. The van der Waals surface area contributed by atoms with Crippen molar-refractivity contribution < 1.29 is 4.79 Å². The number of hydrogen-bond acceptors (Lipinski definition) is 8. The van der Waals surface area contributed by atoms with Gasteiger partial charge in [-0.1, -0.05) is 11.8 Å². The van der Waals surface area contributed by atoms with E-state index in [2.05, 4.69) is 30.0 Å². The van der Waals surface area contributed by atoms with Gasteiger partial charge in [0, 0.05) is 50.3 Å². The van der Waals surface area contributed by atoms with E-state index < -0.39 is 0 Å². The number of nitrogens with zero attached hydrogens (tertiary/aromatic N) is 8. The van der Waals surface area contributed by atoms with E-state index in [1.165, 1.54) is 11.8 Å². The maximum absolute atomic E-state index is 12.6. The molecule has 0 N–H and O–H groups in total. The van der Waals surface area contributed by atoms with Crippen LogP contribution in [0.4, 0.5) is 5.82 Å². The van der Waals surface area contributed by atoms with Gasteiger partial charge in [0.2, 0.25) is 5.91 Å². The molecular formula is C17H20N8OS. The van der Waals surface area contributed by atoms with Gasteiger partial charge in [-0.15, -0.1) is 10.2 Å². The van der Waals surface area contributed by atoms with E-state index >= 15 is 0 Å². The van der Waals surface area contributed by atoms with E-state index in [0.29, 0.717) is 24.0 Å². The minimum atomic E-state index is 0.105. The molecule has 1 aliphatic heterocycles. The van der Waals surface area contributed by atoms with Gasteiger partial charge in [0.15, 0.2) is 10.8 Å². The second-order valence-corrected chi connectivity index (χ2v) is 7.28. The van der Waals surface area contributed by atoms with Gasteiger partial charge in [0.25, 0.3) is 0 Å². The third kappa shape index (κ3) is 3.70. The third-order valence-electron chi connectivity index (χ3n) is 4.49. The minimum absolute atomic E-state index is 0.105. The van der Waals surface area contributed by atoms with E-state index in [1.54, 1.807) is 18.6 Å². The first-order valence-electron chi connectivity index (χ1n) is 8.73. The summed E-state index contributed by atoms with van der Waals surface area (Å²) in [6.07, 6.45) is 5.10. The molecule has 1 aliphatic rings. The number of anilines is 1. The van der Waals surface area contributed by atoms with Crippen molar-refractivity contribution in [2.45, 2.75) is 19.0 Å². The predicted molar refractivity (Wildman–Crippen MR) is 102 cm³/mol. The Morgan fingerprint density at radius 2 is 1.96 bits per heavy atom. The van der Waals surface area contributed by atoms with Crippen molar-refractivity contribution in [3.05, 3.63) is 36.2 Å². The first-order valence-corrected chi connectivity index (χ1v) is 9.71. The lowest BCUT2D eigenvalue weighted by Crippen LogP contribution is -2.49. The van der Waals surface area contributed by atoms with Crippen LogP contribution in [0, 0.1) is 13.8 Å². The molecule has 140 valence electrons. The Labute approximate surface area is 160 Å². The molecule has 0 aromatic carbocycles. The zero-order valence-corrected chi connectivity index (χ0v) is 16.1. The van der Waals surface area contributed by atoms with Gasteiger partial charge in [-0.2, -0.15) is 0 Å². The molecule has 1 amide bonds. The van der Waals surface area contributed by atoms with Crippen LogP contribution in [0.15, 0.2) is 29.8 Å². The van der Waals surface area contributed by atoms with Crippen molar-refractivity contribution in [1.29, 1.82) is 0 Å². The van der Waals surface area contributed by atoms with E-state index in [-0.39, 0.29) is 5.91 Å². The zero-order valence-electron chi connectivity index (χ0n) is 15.2. The predicted octanol–water partition coefficient (Wildman–Crippen LogP) is 0.972. The smallest absolute Gasteiger partial charge is 0.233 e. The summed E-state index contributed by atoms with van der Waals surface area (Å²) in [5, 5.41) is 9.09. The van der Waals surface area contributed by atoms with Crippen LogP contribution in [0.25, 0.3) is 5.65 Å². The lowest BCUT2D eigenvalue weighted by molar-refractivity contribution is -0.128. The Bertz CT molecular complexity index is 952. The zero-order chi connectivity index (χ0) is 18.8. The summed E-state index contributed by atoms with van der Waals surface area (Å²) >= 11 is 1.40. The van der Waals surface area contributed by atoms with Crippen molar-refractivity contribution in [3.63, 3.8) is 0 Å². The molecule has 4 rings (SSSR count). The maximum atomic E-state index is 12.6. The van der Waals surface area contributed by atoms with Crippen LogP contribution in [0.3, 0.4) is 0 Å². The lowest BCUT2D eigenvalue weighted by atomic mass is 10.3. The largest absolute Gasteiger partial charge is 0.352 e. The summed E-state index contributed by atoms with van der Waals surface area (Å²) in [5.74, 6) is 2.11. The van der Waals surface area contributed by atoms with Crippen LogP contribution in [0.2, 0.25) is 0 Å². The average molecular weight is 384 g/mol. The number of piperazine rings is 1. The van der Waals surface area contributed by atoms with Gasteiger partial charge in [0.1, 0.15) is 11.6 Å². The molecule has 1 fully saturated rings. The van der Waals surface area contributed by atoms with Crippen LogP contribution >= 0.6 is 11.8 Å². The van der Waals surface area contributed by atoms with Crippen LogP contribution < -0.4 is 4.90 Å². The van der Waals surface area contributed by atoms with Crippen LogP contribution in [0.1, 0.15) is 11.5 Å². The topological polar surface area (TPSA) is 92.4 Å². The fourth-order valence-electron chi connectivity index (χ4n) is 3.15. The van der Waals surface area contributed by atoms with Gasteiger partial charge in [-0.3, -0.25) is 14.2 Å². The molecule has 0 bridgehead atoms. The van der Waals surface area contributed by atoms with Crippen LogP contribution in [-0.2, 0) is 4.79 Å². The Kier molecular flexibility index (Phi) is 4.88. The van der Waals surface area contributed by atoms with Crippen molar-refractivity contribution in [2.24, 2.45) is 0 Å². The number of hydrogen-bond donors (Lipinski definition) is 0. The van der Waals surface area contributed by atoms with E-state index in [9.17, 15) is 4.79 Å². The van der Waals surface area contributed by atoms with Crippen molar-refractivity contribution in [1.82, 2.24) is 34.4 Å². The Balaban J connectivity index is 1.35. The Hall–Kier alpha value is -2.75. The van der Waals surface area contributed by atoms with E-state index in [0.717, 1.165) is 36.1 Å². The van der Waals surface area contributed by atoms with Gasteiger partial charge >= 0.3 is 0 Å². The number of amides is 1. The molecule has 10 heteroatoms. The molecule has 3 aromatic heterocycles. The fraction of sp³-hybridized carbons (Fsp3) is 0.412. The molecule has 27 heavy (non-hydrogen) atoms. The minimum Gasteiger partial charge on any atom is -0.352 e. The summed E-state index contributed by atoms with van der Waals surface area (Å²) in [6.45, 7) is 6.71. The normalized spacial score (nSPS) is 14.7. The Morgan fingerprint density at radius 1 is 1.15 bits per heavy atom. The van der Waals surface area contributed by atoms with Gasteiger partial charge < -0.3 is 9.80 Å². The molecule has 0 spiro atoms. The number of rotatable bonds is 4. The number of carbonyl (C=O) groups is 1. The number of aryl methyl sites for hydroxylation is 2. The fourth-order valence-corrected chi connectivity index (χ4v) is 4.04. The van der Waals surface area contributed by atoms with Gasteiger partial charge in [-0.05, 0) is 13.8 Å². The average Bonchev–Trinajstić information content (AvgIpc) is 3.10. The first-order chi connectivity index (χ1) is 13.1. The number of fused-ring (bicyclic) bond motifs is 1. The molecule has 0 saturated carbocycles. The highest BCUT2D eigenvalue weighted by molar-refractivity contribution is 7.99. The van der Waals surface area contributed by atoms with Crippen molar-refractivity contribution >= 4 is 29.1 Å². The highest BCUT2D eigenvalue weighted by Gasteiger charge is 2.22. The molecular weight excluding hydrogens is 364 g/mol. The Morgan fingerprint density at radius 3 is 2.70 bits per heavy atom. The van der Waals surface area contributed by atoms with E-state index in [4.69, 9.17) is 0 Å². The van der Waals surface area contributed by atoms with Gasteiger partial charge in [-0.25, -0.2) is 9.97 Å². The highest BCUT2D eigenvalue weighted by atomic mass is 32.2. The van der Waals surface area contributed by atoms with Gasteiger partial charge in [0.05, 0.1) is 11.9 Å². The summed E-state index contributed by atoms with van der Waals surface area (Å²) in [4.78, 5) is 29.5. The quantitative estimate of drug-likeness (QED) is 0.615. The van der Waals surface area contributed by atoms with Crippen LogP contribution in [-0.4, -0.2) is 72.3 Å². The summed E-state index contributed by atoms with van der Waals surface area (Å²) in [5.41, 5.74) is 1.66. The maximum Gasteiger partial charge on any atom is 0.233 e. The summed E-state index contributed by atoms with van der Waals surface area (Å²) in [6, 6.07) is 1.89. The van der Waals surface area contributed by atoms with Crippen molar-refractivity contribution in [2.75, 3.05) is 36.8 Å². The highest BCUT2D eigenvalue weighted by Crippen LogP contribution is 2.20. The molecule has 1 saturated heterocycles. The monoisotopic (exact) mass is 384 g/mol. The number of carbonyl (C=O) groups excluding carboxylic acids is 1. The summed E-state index contributed by atoms with van der Waals surface area (Å²) in [7, 11) is 0. The summed E-state index contributed by atoms with van der Waals surface area (Å²) < 4.78 is 1.89. The second-order valence-electron chi connectivity index (χ2n) is 6.34. The third-order valence-corrected chi connectivity index (χ3v) is 5.40. The molecule has 3 aromatic rings. The SMILES string of the molecule is Cc1cc2nnc(SCC(=O)N3CCN(c4cnccn4)CC3)n2c(C)n1.